The van der Waals surface area contributed by atoms with Gasteiger partial charge in [0.25, 0.3) is 0 Å². The second kappa shape index (κ2) is 5.72. The zero-order valence-electron chi connectivity index (χ0n) is 11.9. The van der Waals surface area contributed by atoms with Crippen molar-refractivity contribution < 1.29 is 0 Å². The van der Waals surface area contributed by atoms with Crippen molar-refractivity contribution in [3.05, 3.63) is 22.4 Å². The highest BCUT2D eigenvalue weighted by Crippen LogP contribution is 2.38. The predicted octanol–water partition coefficient (Wildman–Crippen LogP) is 3.65. The molecule has 1 aliphatic rings. The summed E-state index contributed by atoms with van der Waals surface area (Å²) in [5.41, 5.74) is 6.22. The number of nitrogens with two attached hydrogens (primary N) is 1. The van der Waals surface area contributed by atoms with E-state index in [0.29, 0.717) is 6.04 Å². The molecule has 18 heavy (non-hydrogen) atoms. The van der Waals surface area contributed by atoms with Gasteiger partial charge in [-0.3, -0.25) is 4.90 Å². The Labute approximate surface area is 115 Å². The molecule has 2 N–H and O–H groups in total. The summed E-state index contributed by atoms with van der Waals surface area (Å²) in [7, 11) is 2.23. The van der Waals surface area contributed by atoms with E-state index in [9.17, 15) is 0 Å². The van der Waals surface area contributed by atoms with Gasteiger partial charge in [0, 0.05) is 23.0 Å². The van der Waals surface area contributed by atoms with Crippen LogP contribution in [0.25, 0.3) is 0 Å². The molecule has 0 radical (unpaired) electrons. The molecular weight excluding hydrogens is 240 g/mol. The van der Waals surface area contributed by atoms with Gasteiger partial charge in [-0.2, -0.15) is 0 Å². The maximum absolute atomic E-state index is 6.09. The first-order valence-electron chi connectivity index (χ1n) is 7.03. The maximum atomic E-state index is 6.09. The molecule has 2 atom stereocenters. The molecule has 0 bridgehead atoms. The molecule has 2 unspecified atom stereocenters. The SMILES string of the molecule is CC(c1cccs1)N(C)C(C)(CN)CC1CCC1. The Hall–Kier alpha value is -0.380. The van der Waals surface area contributed by atoms with Crippen LogP contribution in [0.4, 0.5) is 0 Å². The minimum Gasteiger partial charge on any atom is -0.329 e. The van der Waals surface area contributed by atoms with E-state index < -0.39 is 0 Å². The molecule has 0 amide bonds. The van der Waals surface area contributed by atoms with E-state index in [2.05, 4.69) is 43.3 Å². The van der Waals surface area contributed by atoms with E-state index in [1.54, 1.807) is 0 Å². The van der Waals surface area contributed by atoms with Crippen LogP contribution in [0.5, 0.6) is 0 Å². The Balaban J connectivity index is 2.05. The van der Waals surface area contributed by atoms with Gasteiger partial charge in [-0.1, -0.05) is 25.3 Å². The van der Waals surface area contributed by atoms with Crippen LogP contribution in [0.2, 0.25) is 0 Å². The van der Waals surface area contributed by atoms with Gasteiger partial charge in [-0.15, -0.1) is 11.3 Å². The molecule has 0 aromatic carbocycles. The molecule has 2 rings (SSSR count). The van der Waals surface area contributed by atoms with Crippen molar-refractivity contribution in [1.29, 1.82) is 0 Å². The topological polar surface area (TPSA) is 29.3 Å². The standard InChI is InChI=1S/C15H26N2S/c1-12(14-8-5-9-18-14)17(3)15(2,11-16)10-13-6-4-7-13/h5,8-9,12-13H,4,6-7,10-11,16H2,1-3H3. The number of thiophene rings is 1. The van der Waals surface area contributed by atoms with Gasteiger partial charge in [0.15, 0.2) is 0 Å². The van der Waals surface area contributed by atoms with Crippen LogP contribution in [0, 0.1) is 5.92 Å². The summed E-state index contributed by atoms with van der Waals surface area (Å²) < 4.78 is 0. The van der Waals surface area contributed by atoms with Gasteiger partial charge in [0.2, 0.25) is 0 Å². The second-order valence-electron chi connectivity index (χ2n) is 6.00. The Kier molecular flexibility index (Phi) is 4.46. The van der Waals surface area contributed by atoms with Gasteiger partial charge < -0.3 is 5.73 Å². The normalized spacial score (nSPS) is 21.6. The average molecular weight is 266 g/mol. The molecule has 0 aliphatic heterocycles. The first-order valence-corrected chi connectivity index (χ1v) is 7.91. The van der Waals surface area contributed by atoms with Gasteiger partial charge >= 0.3 is 0 Å². The summed E-state index contributed by atoms with van der Waals surface area (Å²) in [5, 5.41) is 2.16. The summed E-state index contributed by atoms with van der Waals surface area (Å²) in [5.74, 6) is 0.900. The van der Waals surface area contributed by atoms with Gasteiger partial charge in [0.05, 0.1) is 0 Å². The summed E-state index contributed by atoms with van der Waals surface area (Å²) in [4.78, 5) is 3.92. The molecule has 1 fully saturated rings. The average Bonchev–Trinajstić information content (AvgIpc) is 2.85. The fourth-order valence-corrected chi connectivity index (χ4v) is 3.70. The lowest BCUT2D eigenvalue weighted by molar-refractivity contribution is 0.0615. The Morgan fingerprint density at radius 1 is 1.56 bits per heavy atom. The molecule has 1 saturated carbocycles. The molecule has 1 aromatic rings. The molecule has 3 heteroatoms. The van der Waals surface area contributed by atoms with E-state index in [0.717, 1.165) is 12.5 Å². The van der Waals surface area contributed by atoms with Gasteiger partial charge in [-0.25, -0.2) is 0 Å². The zero-order valence-corrected chi connectivity index (χ0v) is 12.7. The quantitative estimate of drug-likeness (QED) is 0.851. The molecule has 0 saturated heterocycles. The maximum Gasteiger partial charge on any atom is 0.0416 e. The van der Waals surface area contributed by atoms with Crippen LogP contribution in [0.3, 0.4) is 0 Å². The van der Waals surface area contributed by atoms with Crippen LogP contribution >= 0.6 is 11.3 Å². The lowest BCUT2D eigenvalue weighted by Gasteiger charge is -2.45. The lowest BCUT2D eigenvalue weighted by Crippen LogP contribution is -2.52. The lowest BCUT2D eigenvalue weighted by atomic mass is 9.75. The first-order chi connectivity index (χ1) is 8.57. The van der Waals surface area contributed by atoms with Crippen molar-refractivity contribution in [2.24, 2.45) is 11.7 Å². The number of nitrogens with zero attached hydrogens (tertiary/aromatic N) is 1. The highest BCUT2D eigenvalue weighted by atomic mass is 32.1. The Bertz CT molecular complexity index is 359. The minimum absolute atomic E-state index is 0.133. The largest absolute Gasteiger partial charge is 0.329 e. The number of likely N-dealkylation sites (N-methyl/N-ethyl adjacent to an activating group) is 1. The van der Waals surface area contributed by atoms with Gasteiger partial charge in [-0.05, 0) is 44.7 Å². The summed E-state index contributed by atoms with van der Waals surface area (Å²) in [6.07, 6.45) is 5.46. The van der Waals surface area contributed by atoms with Crippen molar-refractivity contribution in [1.82, 2.24) is 4.90 Å². The third-order valence-corrected chi connectivity index (χ3v) is 5.82. The van der Waals surface area contributed by atoms with Crippen molar-refractivity contribution in [2.45, 2.75) is 51.1 Å². The molecule has 0 spiro atoms. The smallest absolute Gasteiger partial charge is 0.0416 e. The first kappa shape index (κ1) is 14.0. The van der Waals surface area contributed by atoms with E-state index >= 15 is 0 Å². The zero-order chi connectivity index (χ0) is 13.2. The monoisotopic (exact) mass is 266 g/mol. The third kappa shape index (κ3) is 2.79. The van der Waals surface area contributed by atoms with Crippen molar-refractivity contribution in [3.8, 4) is 0 Å². The molecule has 1 aliphatic carbocycles. The minimum atomic E-state index is 0.133. The van der Waals surface area contributed by atoms with Crippen LogP contribution < -0.4 is 5.73 Å². The molecule has 102 valence electrons. The van der Waals surface area contributed by atoms with E-state index in [1.165, 1.54) is 30.6 Å². The van der Waals surface area contributed by atoms with Crippen LogP contribution in [0.15, 0.2) is 17.5 Å². The van der Waals surface area contributed by atoms with Crippen LogP contribution in [-0.4, -0.2) is 24.0 Å². The number of hydrogen-bond donors (Lipinski definition) is 1. The predicted molar refractivity (Wildman–Crippen MR) is 79.9 cm³/mol. The van der Waals surface area contributed by atoms with E-state index in [4.69, 9.17) is 5.73 Å². The fourth-order valence-electron chi connectivity index (χ4n) is 2.88. The second-order valence-corrected chi connectivity index (χ2v) is 6.98. The highest BCUT2D eigenvalue weighted by Gasteiger charge is 2.35. The van der Waals surface area contributed by atoms with Crippen molar-refractivity contribution in [2.75, 3.05) is 13.6 Å². The van der Waals surface area contributed by atoms with E-state index in [1.807, 2.05) is 11.3 Å². The summed E-state index contributed by atoms with van der Waals surface area (Å²) in [6, 6.07) is 4.82. The highest BCUT2D eigenvalue weighted by molar-refractivity contribution is 7.10. The Morgan fingerprint density at radius 3 is 2.72 bits per heavy atom. The number of hydrogen-bond acceptors (Lipinski definition) is 3. The van der Waals surface area contributed by atoms with Crippen molar-refractivity contribution >= 4 is 11.3 Å². The molecule has 2 nitrogen and oxygen atoms in total. The summed E-state index contributed by atoms with van der Waals surface area (Å²) in [6.45, 7) is 5.37. The van der Waals surface area contributed by atoms with Crippen LogP contribution in [-0.2, 0) is 0 Å². The molecule has 1 heterocycles. The summed E-state index contributed by atoms with van der Waals surface area (Å²) >= 11 is 1.84. The van der Waals surface area contributed by atoms with Crippen molar-refractivity contribution in [3.63, 3.8) is 0 Å². The van der Waals surface area contributed by atoms with E-state index in [-0.39, 0.29) is 5.54 Å². The Morgan fingerprint density at radius 2 is 2.28 bits per heavy atom. The fraction of sp³-hybridized carbons (Fsp3) is 0.733. The third-order valence-electron chi connectivity index (χ3n) is 4.78. The van der Waals surface area contributed by atoms with Gasteiger partial charge in [0.1, 0.15) is 0 Å². The van der Waals surface area contributed by atoms with Crippen LogP contribution in [0.1, 0.15) is 50.4 Å². The number of rotatable bonds is 6. The molecular formula is C15H26N2S. The molecule has 1 aromatic heterocycles.